The van der Waals surface area contributed by atoms with E-state index in [2.05, 4.69) is 20.2 Å². The molecule has 0 spiro atoms. The highest BCUT2D eigenvalue weighted by atomic mass is 32.2. The molecule has 1 heterocycles. The van der Waals surface area contributed by atoms with Crippen molar-refractivity contribution in [3.63, 3.8) is 0 Å². The van der Waals surface area contributed by atoms with Crippen molar-refractivity contribution in [3.8, 4) is 5.69 Å². The number of aromatic nitrogens is 4. The van der Waals surface area contributed by atoms with Crippen LogP contribution in [0, 0.1) is 0 Å². The first-order valence-electron chi connectivity index (χ1n) is 7.48. The summed E-state index contributed by atoms with van der Waals surface area (Å²) in [4.78, 5) is 0.147. The molecule has 8 nitrogen and oxygen atoms in total. The topological polar surface area (TPSA) is 99.0 Å². The van der Waals surface area contributed by atoms with Crippen LogP contribution in [0.3, 0.4) is 0 Å². The summed E-state index contributed by atoms with van der Waals surface area (Å²) in [6.45, 7) is 0.670. The molecule has 3 rings (SSSR count). The van der Waals surface area contributed by atoms with Crippen LogP contribution in [0.15, 0.2) is 59.8 Å². The smallest absolute Gasteiger partial charge is 0.240 e. The van der Waals surface area contributed by atoms with Crippen molar-refractivity contribution in [1.29, 1.82) is 0 Å². The van der Waals surface area contributed by atoms with Crippen LogP contribution in [-0.2, 0) is 27.9 Å². The molecule has 0 saturated carbocycles. The first-order valence-corrected chi connectivity index (χ1v) is 8.97. The van der Waals surface area contributed by atoms with Gasteiger partial charge in [0.25, 0.3) is 0 Å². The van der Waals surface area contributed by atoms with Crippen molar-refractivity contribution < 1.29 is 13.2 Å². The third-order valence-corrected chi connectivity index (χ3v) is 4.91. The van der Waals surface area contributed by atoms with E-state index in [1.165, 1.54) is 23.1 Å². The third-order valence-electron chi connectivity index (χ3n) is 3.51. The summed E-state index contributed by atoms with van der Waals surface area (Å²) in [5.74, 6) is 0. The van der Waals surface area contributed by atoms with E-state index in [0.717, 1.165) is 11.1 Å². The lowest BCUT2D eigenvalue weighted by Crippen LogP contribution is -2.23. The number of sulfonamides is 1. The first-order chi connectivity index (χ1) is 12.1. The maximum Gasteiger partial charge on any atom is 0.240 e. The zero-order valence-electron chi connectivity index (χ0n) is 13.5. The van der Waals surface area contributed by atoms with Gasteiger partial charge in [0.05, 0.1) is 17.2 Å². The molecule has 9 heteroatoms. The van der Waals surface area contributed by atoms with Crippen LogP contribution in [0.5, 0.6) is 0 Å². The fourth-order valence-electron chi connectivity index (χ4n) is 2.33. The number of rotatable bonds is 7. The number of nitrogens with zero attached hydrogens (tertiary/aromatic N) is 4. The number of tetrazole rings is 1. The quantitative estimate of drug-likeness (QED) is 0.682. The lowest BCUT2D eigenvalue weighted by molar-refractivity contribution is 0.185. The number of ether oxygens (including phenoxy) is 1. The van der Waals surface area contributed by atoms with E-state index in [1.807, 2.05) is 24.3 Å². The van der Waals surface area contributed by atoms with Gasteiger partial charge in [0, 0.05) is 13.7 Å². The predicted octanol–water partition coefficient (Wildman–Crippen LogP) is 1.29. The molecule has 0 unspecified atom stereocenters. The van der Waals surface area contributed by atoms with Crippen molar-refractivity contribution in [3.05, 3.63) is 66.0 Å². The number of hydrogen-bond acceptors (Lipinski definition) is 6. The standard InChI is InChI=1S/C16H17N5O3S/c1-24-11-14-5-2-4-13(8-14)10-18-25(22,23)16-7-3-6-15(9-16)21-12-17-19-20-21/h2-9,12,18H,10-11H2,1H3. The van der Waals surface area contributed by atoms with Crippen LogP contribution in [-0.4, -0.2) is 35.7 Å². The number of methoxy groups -OCH3 is 1. The highest BCUT2D eigenvalue weighted by Crippen LogP contribution is 2.15. The summed E-state index contributed by atoms with van der Waals surface area (Å²) in [5, 5.41) is 10.9. The lowest BCUT2D eigenvalue weighted by Gasteiger charge is -2.09. The molecular formula is C16H17N5O3S. The molecule has 1 aromatic heterocycles. The predicted molar refractivity (Wildman–Crippen MR) is 90.3 cm³/mol. The van der Waals surface area contributed by atoms with Gasteiger partial charge < -0.3 is 4.74 Å². The Bertz CT molecular complexity index is 942. The third kappa shape index (κ3) is 4.27. The Morgan fingerprint density at radius 1 is 1.12 bits per heavy atom. The summed E-state index contributed by atoms with van der Waals surface area (Å²) < 4.78 is 34.2. The zero-order valence-corrected chi connectivity index (χ0v) is 14.3. The molecule has 25 heavy (non-hydrogen) atoms. The Kier molecular flexibility index (Phi) is 5.17. The van der Waals surface area contributed by atoms with Gasteiger partial charge in [-0.15, -0.1) is 5.10 Å². The van der Waals surface area contributed by atoms with E-state index in [9.17, 15) is 8.42 Å². The highest BCUT2D eigenvalue weighted by molar-refractivity contribution is 7.89. The van der Waals surface area contributed by atoms with Gasteiger partial charge in [0.15, 0.2) is 0 Å². The van der Waals surface area contributed by atoms with Crippen molar-refractivity contribution >= 4 is 10.0 Å². The number of benzene rings is 2. The number of nitrogens with one attached hydrogen (secondary N) is 1. The monoisotopic (exact) mass is 359 g/mol. The molecule has 0 aliphatic heterocycles. The van der Waals surface area contributed by atoms with E-state index in [0.29, 0.717) is 12.3 Å². The fourth-order valence-corrected chi connectivity index (χ4v) is 3.39. The Hall–Kier alpha value is -2.62. The van der Waals surface area contributed by atoms with Crippen molar-refractivity contribution in [2.45, 2.75) is 18.0 Å². The minimum atomic E-state index is -3.66. The van der Waals surface area contributed by atoms with Crippen LogP contribution in [0.1, 0.15) is 11.1 Å². The lowest BCUT2D eigenvalue weighted by atomic mass is 10.1. The molecule has 0 saturated heterocycles. The van der Waals surface area contributed by atoms with Gasteiger partial charge in [-0.05, 0) is 39.8 Å². The highest BCUT2D eigenvalue weighted by Gasteiger charge is 2.15. The second-order valence-corrected chi connectivity index (χ2v) is 7.10. The summed E-state index contributed by atoms with van der Waals surface area (Å²) in [5.41, 5.74) is 2.41. The van der Waals surface area contributed by atoms with Crippen LogP contribution in [0.2, 0.25) is 0 Å². The molecule has 0 fully saturated rings. The van der Waals surface area contributed by atoms with E-state index in [4.69, 9.17) is 4.74 Å². The summed E-state index contributed by atoms with van der Waals surface area (Å²) in [6, 6.07) is 14.0. The average molecular weight is 359 g/mol. The maximum atomic E-state index is 12.5. The van der Waals surface area contributed by atoms with Crippen molar-refractivity contribution in [2.75, 3.05) is 7.11 Å². The minimum absolute atomic E-state index is 0.147. The van der Waals surface area contributed by atoms with Crippen LogP contribution in [0.4, 0.5) is 0 Å². The molecule has 3 aromatic rings. The van der Waals surface area contributed by atoms with Gasteiger partial charge >= 0.3 is 0 Å². The molecule has 0 aliphatic carbocycles. The van der Waals surface area contributed by atoms with Crippen LogP contribution < -0.4 is 4.72 Å². The minimum Gasteiger partial charge on any atom is -0.380 e. The zero-order chi connectivity index (χ0) is 17.7. The SMILES string of the molecule is COCc1cccc(CNS(=O)(=O)c2cccc(-n3cnnn3)c2)c1. The van der Waals surface area contributed by atoms with Crippen LogP contribution >= 0.6 is 0 Å². The Balaban J connectivity index is 1.76. The van der Waals surface area contributed by atoms with Gasteiger partial charge in [-0.1, -0.05) is 30.3 Å². The van der Waals surface area contributed by atoms with Gasteiger partial charge in [-0.2, -0.15) is 0 Å². The molecule has 0 amide bonds. The first kappa shape index (κ1) is 17.2. The van der Waals surface area contributed by atoms with Gasteiger partial charge in [0.2, 0.25) is 10.0 Å². The fraction of sp³-hybridized carbons (Fsp3) is 0.188. The Morgan fingerprint density at radius 2 is 1.92 bits per heavy atom. The average Bonchev–Trinajstić information content (AvgIpc) is 3.16. The number of hydrogen-bond donors (Lipinski definition) is 1. The molecule has 0 atom stereocenters. The van der Waals surface area contributed by atoms with E-state index >= 15 is 0 Å². The normalized spacial score (nSPS) is 11.6. The second-order valence-electron chi connectivity index (χ2n) is 5.33. The molecule has 0 aliphatic rings. The van der Waals surface area contributed by atoms with Gasteiger partial charge in [-0.3, -0.25) is 0 Å². The van der Waals surface area contributed by atoms with E-state index in [1.54, 1.807) is 19.2 Å². The summed E-state index contributed by atoms with van der Waals surface area (Å²) in [7, 11) is -2.04. The largest absolute Gasteiger partial charge is 0.380 e. The molecular weight excluding hydrogens is 342 g/mol. The molecule has 2 aromatic carbocycles. The van der Waals surface area contributed by atoms with Gasteiger partial charge in [-0.25, -0.2) is 17.8 Å². The molecule has 0 bridgehead atoms. The van der Waals surface area contributed by atoms with Crippen molar-refractivity contribution in [2.24, 2.45) is 0 Å². The van der Waals surface area contributed by atoms with Gasteiger partial charge in [0.1, 0.15) is 6.33 Å². The molecule has 1 N–H and O–H groups in total. The van der Waals surface area contributed by atoms with Crippen LogP contribution in [0.25, 0.3) is 5.69 Å². The van der Waals surface area contributed by atoms with E-state index in [-0.39, 0.29) is 11.4 Å². The summed E-state index contributed by atoms with van der Waals surface area (Å²) >= 11 is 0. The van der Waals surface area contributed by atoms with Crippen molar-refractivity contribution in [1.82, 2.24) is 24.9 Å². The Morgan fingerprint density at radius 3 is 2.68 bits per heavy atom. The summed E-state index contributed by atoms with van der Waals surface area (Å²) in [6.07, 6.45) is 1.40. The second kappa shape index (κ2) is 7.51. The Labute approximate surface area is 145 Å². The molecule has 130 valence electrons. The molecule has 0 radical (unpaired) electrons. The maximum absolute atomic E-state index is 12.5. The van der Waals surface area contributed by atoms with E-state index < -0.39 is 10.0 Å².